The number of carbonyl (C=O) groups excluding carboxylic acids is 6. The topological polar surface area (TPSA) is 160 Å². The average Bonchev–Trinajstić information content (AvgIpc) is 3.74. The number of halogens is 1. The second-order valence-corrected chi connectivity index (χ2v) is 18.3. The van der Waals surface area contributed by atoms with Gasteiger partial charge < -0.3 is 19.9 Å². The molecule has 1 unspecified atom stereocenters. The largest absolute Gasteiger partial charge is 0.489 e. The molecule has 8 rings (SSSR count). The number of piperazine rings is 1. The third kappa shape index (κ3) is 6.51. The number of rotatable bonds is 7. The van der Waals surface area contributed by atoms with E-state index < -0.39 is 23.8 Å². The zero-order valence-electron chi connectivity index (χ0n) is 33.1. The van der Waals surface area contributed by atoms with Crippen molar-refractivity contribution in [2.45, 2.75) is 78.5 Å². The number of nitrogens with zero attached hydrogens (tertiary/aromatic N) is 5. The van der Waals surface area contributed by atoms with E-state index in [4.69, 9.17) is 4.74 Å². The normalized spacial score (nSPS) is 23.6. The first-order valence-electron chi connectivity index (χ1n) is 19.7. The van der Waals surface area contributed by atoms with Crippen LogP contribution < -0.4 is 15.0 Å². The van der Waals surface area contributed by atoms with Gasteiger partial charge in [-0.25, -0.2) is 3.11 Å². The van der Waals surface area contributed by atoms with Crippen molar-refractivity contribution in [1.29, 1.82) is 5.26 Å². The summed E-state index contributed by atoms with van der Waals surface area (Å²) in [5.41, 5.74) is 4.51. The maximum Gasteiger partial charge on any atom is 0.262 e. The summed E-state index contributed by atoms with van der Waals surface area (Å²) in [7, 11) is 0. The van der Waals surface area contributed by atoms with Gasteiger partial charge in [-0.15, -0.1) is 0 Å². The van der Waals surface area contributed by atoms with Crippen molar-refractivity contribution >= 4 is 64.0 Å². The number of benzene rings is 3. The van der Waals surface area contributed by atoms with Crippen molar-refractivity contribution in [1.82, 2.24) is 18.2 Å². The highest BCUT2D eigenvalue weighted by Crippen LogP contribution is 2.55. The van der Waals surface area contributed by atoms with Gasteiger partial charge in [-0.1, -0.05) is 27.7 Å². The third-order valence-electron chi connectivity index (χ3n) is 12.9. The second kappa shape index (κ2) is 14.5. The van der Waals surface area contributed by atoms with E-state index in [1.165, 1.54) is 0 Å². The lowest BCUT2D eigenvalue weighted by Crippen LogP contribution is -2.74. The van der Waals surface area contributed by atoms with Crippen molar-refractivity contribution in [2.24, 2.45) is 16.7 Å². The lowest BCUT2D eigenvalue weighted by molar-refractivity contribution is -0.164. The number of hydrogen-bond acceptors (Lipinski definition) is 9. The number of anilines is 1. The van der Waals surface area contributed by atoms with Gasteiger partial charge in [0.05, 0.1) is 45.6 Å². The highest BCUT2D eigenvalue weighted by atomic mass is 127. The molecule has 1 saturated carbocycles. The van der Waals surface area contributed by atoms with E-state index in [0.29, 0.717) is 55.9 Å². The quantitative estimate of drug-likeness (QED) is 0.196. The SMILES string of the molecule is Cc1cc(O[C@H]2C(C)(C)[C@H](NC(=O)c3ccc(N4CCN(C(=O)C5Cc6cc7c(cc6C5)C(=O)N(C5CCC(=O)N(I)C5=O)C7=O)CC4)cc3)C2(C)C)ccc1C#N. The fourth-order valence-electron chi connectivity index (χ4n) is 10.1. The molecule has 1 atom stereocenters. The van der Waals surface area contributed by atoms with Crippen molar-refractivity contribution in [3.8, 4) is 11.8 Å². The Morgan fingerprint density at radius 3 is 2.03 bits per heavy atom. The molecule has 0 bridgehead atoms. The van der Waals surface area contributed by atoms with Gasteiger partial charge >= 0.3 is 0 Å². The van der Waals surface area contributed by atoms with Crippen molar-refractivity contribution in [3.63, 3.8) is 0 Å². The molecule has 0 spiro atoms. The molecule has 3 aromatic rings. The molecular formula is C44H45IN6O7. The summed E-state index contributed by atoms with van der Waals surface area (Å²) >= 11 is 1.62. The Hall–Kier alpha value is -5.30. The first-order valence-corrected chi connectivity index (χ1v) is 20.7. The standard InChI is InChI=1S/C44H45IN6O7/c1-24-18-31(11-8-26(24)23-46)58-42-43(2,3)41(44(42,4)5)47-36(53)25-6-9-30(10-7-25)48-14-16-49(17-15-48)37(54)29-19-27-21-32-33(22-28(27)20-29)39(56)50(38(32)55)34-12-13-35(52)51(45)40(34)57/h6-11,18,21-22,29,34,41-42H,12-17,19-20H2,1-5H3,(H,47,53)/t34?,41-,42-. The van der Waals surface area contributed by atoms with E-state index >= 15 is 0 Å². The lowest BCUT2D eigenvalue weighted by Gasteiger charge is -2.63. The minimum Gasteiger partial charge on any atom is -0.489 e. The molecule has 0 aromatic heterocycles. The van der Waals surface area contributed by atoms with E-state index in [1.54, 1.807) is 41.1 Å². The fraction of sp³-hybridized carbons (Fsp3) is 0.432. The highest BCUT2D eigenvalue weighted by Gasteiger charge is 2.64. The van der Waals surface area contributed by atoms with Gasteiger partial charge in [0.1, 0.15) is 17.9 Å². The van der Waals surface area contributed by atoms with Crippen LogP contribution in [0.15, 0.2) is 54.6 Å². The number of carbonyl (C=O) groups is 6. The minimum atomic E-state index is -1.01. The Kier molecular flexibility index (Phi) is 9.89. The van der Waals surface area contributed by atoms with Gasteiger partial charge in [0, 0.05) is 66.6 Å². The number of hydrogen-bond donors (Lipinski definition) is 1. The number of piperidine rings is 1. The van der Waals surface area contributed by atoms with E-state index in [2.05, 4.69) is 44.0 Å². The van der Waals surface area contributed by atoms with E-state index in [1.807, 2.05) is 48.2 Å². The molecule has 0 radical (unpaired) electrons. The predicted octanol–water partition coefficient (Wildman–Crippen LogP) is 5.01. The molecule has 3 aliphatic heterocycles. The number of amides is 6. The van der Waals surface area contributed by atoms with Crippen LogP contribution in [0.5, 0.6) is 5.75 Å². The van der Waals surface area contributed by atoms with Gasteiger partial charge in [-0.3, -0.25) is 33.7 Å². The van der Waals surface area contributed by atoms with Gasteiger partial charge in [0.15, 0.2) is 0 Å². The summed E-state index contributed by atoms with van der Waals surface area (Å²) in [5, 5.41) is 12.6. The van der Waals surface area contributed by atoms with Gasteiger partial charge in [0.2, 0.25) is 11.8 Å². The predicted molar refractivity (Wildman–Crippen MR) is 221 cm³/mol. The van der Waals surface area contributed by atoms with Gasteiger partial charge in [-0.05, 0) is 97.5 Å². The number of aryl methyl sites for hydroxylation is 1. The first kappa shape index (κ1) is 39.5. The van der Waals surface area contributed by atoms with E-state index in [-0.39, 0.29) is 70.6 Å². The number of nitrogens with one attached hydrogen (secondary N) is 1. The Balaban J connectivity index is 0.840. The first-order chi connectivity index (χ1) is 27.5. The smallest absolute Gasteiger partial charge is 0.262 e. The zero-order valence-corrected chi connectivity index (χ0v) is 35.3. The van der Waals surface area contributed by atoms with Crippen LogP contribution in [0.3, 0.4) is 0 Å². The van der Waals surface area contributed by atoms with Crippen molar-refractivity contribution in [2.75, 3.05) is 31.1 Å². The van der Waals surface area contributed by atoms with Crippen molar-refractivity contribution < 1.29 is 33.5 Å². The van der Waals surface area contributed by atoms with Gasteiger partial charge in [-0.2, -0.15) is 5.26 Å². The third-order valence-corrected chi connectivity index (χ3v) is 13.9. The molecule has 14 heteroatoms. The van der Waals surface area contributed by atoms with Crippen LogP contribution >= 0.6 is 22.9 Å². The molecular weight excluding hydrogens is 851 g/mol. The molecule has 2 aliphatic carbocycles. The maximum atomic E-state index is 13.8. The zero-order chi connectivity index (χ0) is 41.4. The Labute approximate surface area is 351 Å². The molecule has 58 heavy (non-hydrogen) atoms. The number of imide groups is 2. The lowest BCUT2D eigenvalue weighted by atomic mass is 9.49. The van der Waals surface area contributed by atoms with E-state index in [0.717, 1.165) is 30.4 Å². The summed E-state index contributed by atoms with van der Waals surface area (Å²) < 4.78 is 7.40. The summed E-state index contributed by atoms with van der Waals surface area (Å²) in [6, 6.07) is 17.5. The fourth-order valence-corrected chi connectivity index (χ4v) is 10.6. The average molecular weight is 897 g/mol. The summed E-state index contributed by atoms with van der Waals surface area (Å²) in [6.07, 6.45) is 0.950. The molecule has 13 nitrogen and oxygen atoms in total. The van der Waals surface area contributed by atoms with Crippen LogP contribution in [-0.2, 0) is 27.2 Å². The van der Waals surface area contributed by atoms with Crippen LogP contribution in [0.25, 0.3) is 0 Å². The molecule has 2 saturated heterocycles. The summed E-state index contributed by atoms with van der Waals surface area (Å²) in [6.45, 7) is 12.6. The molecule has 6 amide bonds. The van der Waals surface area contributed by atoms with Gasteiger partial charge in [0.25, 0.3) is 23.6 Å². The van der Waals surface area contributed by atoms with Crippen molar-refractivity contribution in [3.05, 3.63) is 93.5 Å². The molecule has 1 N–H and O–H groups in total. The van der Waals surface area contributed by atoms with Crippen LogP contribution in [0.1, 0.15) is 93.9 Å². The summed E-state index contributed by atoms with van der Waals surface area (Å²) in [5.74, 6) is -1.70. The maximum absolute atomic E-state index is 13.8. The molecule has 300 valence electrons. The summed E-state index contributed by atoms with van der Waals surface area (Å²) in [4.78, 5) is 84.0. The van der Waals surface area contributed by atoms with E-state index in [9.17, 15) is 34.0 Å². The Morgan fingerprint density at radius 1 is 0.862 bits per heavy atom. The second-order valence-electron chi connectivity index (χ2n) is 17.3. The molecule has 3 heterocycles. The number of ether oxygens (including phenoxy) is 1. The molecule has 3 fully saturated rings. The molecule has 5 aliphatic rings. The monoisotopic (exact) mass is 896 g/mol. The Morgan fingerprint density at radius 2 is 1.47 bits per heavy atom. The van der Waals surface area contributed by atoms with Crippen LogP contribution in [-0.4, -0.2) is 92.7 Å². The Bertz CT molecular complexity index is 2270. The minimum absolute atomic E-state index is 0.0448. The highest BCUT2D eigenvalue weighted by molar-refractivity contribution is 14.1. The van der Waals surface area contributed by atoms with Crippen LogP contribution in [0.2, 0.25) is 0 Å². The van der Waals surface area contributed by atoms with Crippen LogP contribution in [0.4, 0.5) is 5.69 Å². The number of nitriles is 1. The molecule has 3 aromatic carbocycles. The van der Waals surface area contributed by atoms with Crippen LogP contribution in [0, 0.1) is 35.0 Å². The number of fused-ring (bicyclic) bond motifs is 2.